The smallest absolute Gasteiger partial charge is 0.251 e. The van der Waals surface area contributed by atoms with E-state index >= 15 is 0 Å². The maximum absolute atomic E-state index is 12.7. The molecule has 31 heavy (non-hydrogen) atoms. The second-order valence-corrected chi connectivity index (χ2v) is 10.9. The Bertz CT molecular complexity index is 988. The molecule has 1 saturated heterocycles. The van der Waals surface area contributed by atoms with E-state index in [2.05, 4.69) is 46.1 Å². The predicted octanol–water partition coefficient (Wildman–Crippen LogP) is 3.64. The normalized spacial score (nSPS) is 16.3. The number of rotatable bonds is 7. The van der Waals surface area contributed by atoms with E-state index in [-0.39, 0.29) is 16.8 Å². The van der Waals surface area contributed by atoms with Crippen molar-refractivity contribution < 1.29 is 13.2 Å². The average molecular weight is 444 g/mol. The molecule has 1 unspecified atom stereocenters. The van der Waals surface area contributed by atoms with Gasteiger partial charge in [0, 0.05) is 17.6 Å². The second kappa shape index (κ2) is 9.51. The van der Waals surface area contributed by atoms with E-state index in [9.17, 15) is 13.2 Å². The van der Waals surface area contributed by atoms with E-state index in [0.29, 0.717) is 12.1 Å². The molecule has 6 nitrogen and oxygen atoms in total. The first-order valence-corrected chi connectivity index (χ1v) is 12.3. The Morgan fingerprint density at radius 1 is 1.00 bits per heavy atom. The maximum Gasteiger partial charge on any atom is 0.251 e. The van der Waals surface area contributed by atoms with Crippen LogP contribution in [0.4, 0.5) is 0 Å². The van der Waals surface area contributed by atoms with E-state index < -0.39 is 15.6 Å². The third-order valence-electron chi connectivity index (χ3n) is 5.37. The van der Waals surface area contributed by atoms with Crippen molar-refractivity contribution in [1.29, 1.82) is 0 Å². The molecule has 1 aliphatic heterocycles. The van der Waals surface area contributed by atoms with Crippen molar-refractivity contribution in [2.24, 2.45) is 0 Å². The van der Waals surface area contributed by atoms with Gasteiger partial charge < -0.3 is 5.32 Å². The van der Waals surface area contributed by atoms with Crippen molar-refractivity contribution >= 4 is 15.9 Å². The van der Waals surface area contributed by atoms with Crippen LogP contribution < -0.4 is 10.0 Å². The lowest BCUT2D eigenvalue weighted by Gasteiger charge is -2.28. The van der Waals surface area contributed by atoms with Gasteiger partial charge in [-0.3, -0.25) is 9.69 Å². The molecule has 2 aromatic carbocycles. The van der Waals surface area contributed by atoms with Crippen LogP contribution >= 0.6 is 0 Å². The molecule has 1 amide bonds. The zero-order chi connectivity index (χ0) is 22.6. The van der Waals surface area contributed by atoms with E-state index in [1.54, 1.807) is 32.9 Å². The number of carbonyl (C=O) groups is 1. The summed E-state index contributed by atoms with van der Waals surface area (Å²) in [6.07, 6.45) is 2.35. The van der Waals surface area contributed by atoms with Crippen LogP contribution in [-0.4, -0.2) is 44.4 Å². The van der Waals surface area contributed by atoms with Gasteiger partial charge in [-0.25, -0.2) is 13.1 Å². The molecule has 0 bridgehead atoms. The van der Waals surface area contributed by atoms with Crippen LogP contribution in [0.2, 0.25) is 0 Å². The van der Waals surface area contributed by atoms with Crippen LogP contribution in [0.3, 0.4) is 0 Å². The summed E-state index contributed by atoms with van der Waals surface area (Å²) < 4.78 is 27.5. The highest BCUT2D eigenvalue weighted by atomic mass is 32.2. The molecule has 1 atom stereocenters. The van der Waals surface area contributed by atoms with Gasteiger partial charge in [-0.05, 0) is 83.5 Å². The Morgan fingerprint density at radius 3 is 2.13 bits per heavy atom. The Labute approximate surface area is 186 Å². The Hall–Kier alpha value is -2.22. The average Bonchev–Trinajstić information content (AvgIpc) is 3.22. The number of carbonyl (C=O) groups excluding carboxylic acids is 1. The number of aryl methyl sites for hydroxylation is 1. The number of sulfonamides is 1. The molecule has 0 spiro atoms. The molecule has 2 aromatic rings. The topological polar surface area (TPSA) is 78.5 Å². The number of hydrogen-bond donors (Lipinski definition) is 2. The van der Waals surface area contributed by atoms with Crippen LogP contribution in [0.5, 0.6) is 0 Å². The maximum atomic E-state index is 12.7. The van der Waals surface area contributed by atoms with Gasteiger partial charge in [-0.1, -0.05) is 29.8 Å². The molecule has 1 aliphatic rings. The van der Waals surface area contributed by atoms with Gasteiger partial charge in [0.2, 0.25) is 10.0 Å². The first-order valence-electron chi connectivity index (χ1n) is 10.8. The molecule has 1 heterocycles. The summed E-state index contributed by atoms with van der Waals surface area (Å²) in [5.41, 5.74) is 2.28. The molecule has 2 N–H and O–H groups in total. The van der Waals surface area contributed by atoms with Gasteiger partial charge in [0.1, 0.15) is 0 Å². The monoisotopic (exact) mass is 443 g/mol. The van der Waals surface area contributed by atoms with Gasteiger partial charge in [0.25, 0.3) is 5.91 Å². The van der Waals surface area contributed by atoms with E-state index in [4.69, 9.17) is 0 Å². The number of nitrogens with zero attached hydrogens (tertiary/aromatic N) is 1. The largest absolute Gasteiger partial charge is 0.350 e. The molecule has 0 aliphatic carbocycles. The number of benzene rings is 2. The minimum absolute atomic E-state index is 0.127. The fourth-order valence-corrected chi connectivity index (χ4v) is 5.26. The van der Waals surface area contributed by atoms with Crippen LogP contribution in [0.15, 0.2) is 53.4 Å². The SMILES string of the molecule is Cc1ccc(C(CNC(=O)c2ccc(S(=O)(=O)NC(C)(C)C)cc2)N2CCCC2)cc1. The van der Waals surface area contributed by atoms with Gasteiger partial charge in [0.05, 0.1) is 10.9 Å². The van der Waals surface area contributed by atoms with Crippen LogP contribution in [0.1, 0.15) is 61.1 Å². The zero-order valence-electron chi connectivity index (χ0n) is 18.8. The quantitative estimate of drug-likeness (QED) is 0.685. The van der Waals surface area contributed by atoms with Gasteiger partial charge in [-0.2, -0.15) is 0 Å². The fourth-order valence-electron chi connectivity index (χ4n) is 3.84. The molecule has 1 fully saturated rings. The van der Waals surface area contributed by atoms with E-state index in [0.717, 1.165) is 13.1 Å². The van der Waals surface area contributed by atoms with E-state index in [1.807, 2.05) is 0 Å². The first kappa shape index (κ1) is 23.4. The highest BCUT2D eigenvalue weighted by Crippen LogP contribution is 2.25. The van der Waals surface area contributed by atoms with Crippen molar-refractivity contribution in [3.8, 4) is 0 Å². The minimum atomic E-state index is -3.63. The molecular weight excluding hydrogens is 410 g/mol. The lowest BCUT2D eigenvalue weighted by atomic mass is 10.0. The highest BCUT2D eigenvalue weighted by molar-refractivity contribution is 7.89. The second-order valence-electron chi connectivity index (χ2n) is 9.26. The van der Waals surface area contributed by atoms with E-state index in [1.165, 1.54) is 36.1 Å². The third-order valence-corrected chi connectivity index (χ3v) is 7.14. The molecule has 168 valence electrons. The summed E-state index contributed by atoms with van der Waals surface area (Å²) in [4.78, 5) is 15.3. The molecule has 0 aromatic heterocycles. The minimum Gasteiger partial charge on any atom is -0.350 e. The summed E-state index contributed by atoms with van der Waals surface area (Å²) in [5.74, 6) is -0.205. The van der Waals surface area contributed by atoms with Crippen molar-refractivity contribution in [2.45, 2.75) is 57.0 Å². The van der Waals surface area contributed by atoms with Crippen LogP contribution in [-0.2, 0) is 10.0 Å². The summed E-state index contributed by atoms with van der Waals surface area (Å²) in [6, 6.07) is 14.7. The number of likely N-dealkylation sites (tertiary alicyclic amines) is 1. The lowest BCUT2D eigenvalue weighted by Crippen LogP contribution is -2.40. The lowest BCUT2D eigenvalue weighted by molar-refractivity contribution is 0.0938. The van der Waals surface area contributed by atoms with Crippen LogP contribution in [0.25, 0.3) is 0 Å². The number of amides is 1. The molecular formula is C24H33N3O3S. The first-order chi connectivity index (χ1) is 14.5. The molecule has 0 radical (unpaired) electrons. The number of hydrogen-bond acceptors (Lipinski definition) is 4. The van der Waals surface area contributed by atoms with Crippen LogP contribution in [0, 0.1) is 6.92 Å². The Balaban J connectivity index is 1.69. The fraction of sp³-hybridized carbons (Fsp3) is 0.458. The summed E-state index contributed by atoms with van der Waals surface area (Å²) in [7, 11) is -3.63. The molecule has 7 heteroatoms. The Morgan fingerprint density at radius 2 is 1.58 bits per heavy atom. The zero-order valence-corrected chi connectivity index (χ0v) is 19.6. The Kier molecular flexibility index (Phi) is 7.19. The molecule has 0 saturated carbocycles. The van der Waals surface area contributed by atoms with Gasteiger partial charge >= 0.3 is 0 Å². The highest BCUT2D eigenvalue weighted by Gasteiger charge is 2.25. The van der Waals surface area contributed by atoms with Crippen molar-refractivity contribution in [3.63, 3.8) is 0 Å². The van der Waals surface area contributed by atoms with Crippen molar-refractivity contribution in [3.05, 3.63) is 65.2 Å². The van der Waals surface area contributed by atoms with Crippen molar-refractivity contribution in [2.75, 3.05) is 19.6 Å². The van der Waals surface area contributed by atoms with Gasteiger partial charge in [-0.15, -0.1) is 0 Å². The predicted molar refractivity (Wildman–Crippen MR) is 124 cm³/mol. The summed E-state index contributed by atoms with van der Waals surface area (Å²) in [6.45, 7) is 10.00. The third kappa shape index (κ3) is 6.38. The number of nitrogens with one attached hydrogen (secondary N) is 2. The van der Waals surface area contributed by atoms with Gasteiger partial charge in [0.15, 0.2) is 0 Å². The summed E-state index contributed by atoms with van der Waals surface area (Å²) in [5, 5.41) is 3.04. The van der Waals surface area contributed by atoms with Crippen molar-refractivity contribution in [1.82, 2.24) is 14.9 Å². The standard InChI is InChI=1S/C24H33N3O3S/c1-18-7-9-19(10-8-18)22(27-15-5-6-16-27)17-25-23(28)20-11-13-21(14-12-20)31(29,30)26-24(2,3)4/h7-14,22,26H,5-6,15-17H2,1-4H3,(H,25,28). The summed E-state index contributed by atoms with van der Waals surface area (Å²) >= 11 is 0. The molecule has 3 rings (SSSR count).